The summed E-state index contributed by atoms with van der Waals surface area (Å²) < 4.78 is 27.6. The predicted octanol–water partition coefficient (Wildman–Crippen LogP) is 5.02. The van der Waals surface area contributed by atoms with Crippen molar-refractivity contribution in [2.24, 2.45) is 0 Å². The number of benzene rings is 2. The van der Waals surface area contributed by atoms with Crippen LogP contribution in [0.4, 0.5) is 4.39 Å². The number of rotatable bonds is 9. The second-order valence-corrected chi connectivity index (χ2v) is 9.28. The second kappa shape index (κ2) is 10.7. The standard InChI is InChI=1S/C25H24BrFN2O4S/c1-32-13-5-12-28-23(30)21-19(14-26)22(16-8-10-18(33-2)11-9-16)34-24(21)29(25(28)31)15-17-6-3-4-7-20(17)27/h3-4,6-11H,5,12-15H2,1-2H3. The summed E-state index contributed by atoms with van der Waals surface area (Å²) >= 11 is 4.91. The Labute approximate surface area is 208 Å². The van der Waals surface area contributed by atoms with Crippen molar-refractivity contribution in [3.05, 3.63) is 86.3 Å². The molecule has 0 aliphatic carbocycles. The zero-order valence-electron chi connectivity index (χ0n) is 18.8. The Balaban J connectivity index is 1.99. The molecule has 178 valence electrons. The minimum absolute atomic E-state index is 0.0247. The van der Waals surface area contributed by atoms with E-state index in [4.69, 9.17) is 9.47 Å². The first-order valence-electron chi connectivity index (χ1n) is 10.7. The van der Waals surface area contributed by atoms with Crippen LogP contribution in [-0.4, -0.2) is 30.0 Å². The molecule has 0 amide bonds. The Bertz CT molecular complexity index is 1430. The maximum absolute atomic E-state index is 14.5. The number of ether oxygens (including phenoxy) is 2. The van der Waals surface area contributed by atoms with E-state index < -0.39 is 11.5 Å². The van der Waals surface area contributed by atoms with Gasteiger partial charge < -0.3 is 9.47 Å². The molecular formula is C25H24BrFN2O4S. The first-order chi connectivity index (χ1) is 16.5. The molecule has 0 spiro atoms. The quantitative estimate of drug-likeness (QED) is 0.218. The molecule has 0 unspecified atom stereocenters. The Morgan fingerprint density at radius 1 is 1.03 bits per heavy atom. The molecule has 0 fully saturated rings. The first-order valence-corrected chi connectivity index (χ1v) is 12.7. The molecule has 0 saturated carbocycles. The average molecular weight is 547 g/mol. The highest BCUT2D eigenvalue weighted by Gasteiger charge is 2.23. The largest absolute Gasteiger partial charge is 0.497 e. The summed E-state index contributed by atoms with van der Waals surface area (Å²) in [5.74, 6) is 0.328. The van der Waals surface area contributed by atoms with Crippen molar-refractivity contribution in [1.29, 1.82) is 0 Å². The molecule has 4 aromatic rings. The van der Waals surface area contributed by atoms with Crippen LogP contribution in [0.15, 0.2) is 58.1 Å². The SMILES string of the molecule is COCCCn1c(=O)c2c(CBr)c(-c3ccc(OC)cc3)sc2n(Cc2ccccc2F)c1=O. The molecule has 2 aromatic heterocycles. The number of hydrogen-bond acceptors (Lipinski definition) is 5. The van der Waals surface area contributed by atoms with Gasteiger partial charge in [-0.15, -0.1) is 11.3 Å². The summed E-state index contributed by atoms with van der Waals surface area (Å²) in [7, 11) is 3.18. The van der Waals surface area contributed by atoms with E-state index in [9.17, 15) is 14.0 Å². The van der Waals surface area contributed by atoms with Gasteiger partial charge in [0.05, 0.1) is 19.0 Å². The van der Waals surface area contributed by atoms with Crippen LogP contribution in [0.3, 0.4) is 0 Å². The molecule has 0 aliphatic heterocycles. The van der Waals surface area contributed by atoms with Crippen LogP contribution >= 0.6 is 27.3 Å². The third-order valence-electron chi connectivity index (χ3n) is 5.66. The average Bonchev–Trinajstić information content (AvgIpc) is 3.24. The third kappa shape index (κ3) is 4.60. The molecule has 0 bridgehead atoms. The number of halogens is 2. The van der Waals surface area contributed by atoms with Gasteiger partial charge in [0.1, 0.15) is 16.4 Å². The molecular weight excluding hydrogens is 523 g/mol. The van der Waals surface area contributed by atoms with Crippen molar-refractivity contribution in [2.45, 2.75) is 24.8 Å². The van der Waals surface area contributed by atoms with Crippen LogP contribution in [0.5, 0.6) is 5.75 Å². The number of hydrogen-bond donors (Lipinski definition) is 0. The summed E-state index contributed by atoms with van der Waals surface area (Å²) in [5, 5.41) is 0.903. The maximum atomic E-state index is 14.5. The summed E-state index contributed by atoms with van der Waals surface area (Å²) in [6.45, 7) is 0.661. The van der Waals surface area contributed by atoms with E-state index in [1.54, 1.807) is 32.4 Å². The molecule has 0 aliphatic rings. The highest BCUT2D eigenvalue weighted by atomic mass is 79.9. The van der Waals surface area contributed by atoms with Crippen LogP contribution in [0.2, 0.25) is 0 Å². The fraction of sp³-hybridized carbons (Fsp3) is 0.280. The smallest absolute Gasteiger partial charge is 0.332 e. The van der Waals surface area contributed by atoms with Crippen molar-refractivity contribution < 1.29 is 13.9 Å². The highest BCUT2D eigenvalue weighted by molar-refractivity contribution is 9.08. The lowest BCUT2D eigenvalue weighted by Gasteiger charge is -2.13. The molecule has 2 heterocycles. The highest BCUT2D eigenvalue weighted by Crippen LogP contribution is 2.38. The lowest BCUT2D eigenvalue weighted by molar-refractivity contribution is 0.189. The number of aromatic nitrogens is 2. The fourth-order valence-electron chi connectivity index (χ4n) is 3.92. The van der Waals surface area contributed by atoms with Gasteiger partial charge in [-0.05, 0) is 47.9 Å². The fourth-order valence-corrected chi connectivity index (χ4v) is 5.98. The van der Waals surface area contributed by atoms with E-state index in [0.29, 0.717) is 34.1 Å². The van der Waals surface area contributed by atoms with E-state index in [2.05, 4.69) is 15.9 Å². The number of methoxy groups -OCH3 is 2. The predicted molar refractivity (Wildman–Crippen MR) is 137 cm³/mol. The van der Waals surface area contributed by atoms with Crippen LogP contribution in [0.1, 0.15) is 17.5 Å². The monoisotopic (exact) mass is 546 g/mol. The van der Waals surface area contributed by atoms with Gasteiger partial charge in [0.25, 0.3) is 5.56 Å². The van der Waals surface area contributed by atoms with E-state index in [1.165, 1.54) is 26.5 Å². The molecule has 34 heavy (non-hydrogen) atoms. The van der Waals surface area contributed by atoms with Crippen LogP contribution < -0.4 is 16.0 Å². The van der Waals surface area contributed by atoms with E-state index in [0.717, 1.165) is 21.8 Å². The van der Waals surface area contributed by atoms with Gasteiger partial charge in [0, 0.05) is 36.0 Å². The molecule has 0 N–H and O–H groups in total. The van der Waals surface area contributed by atoms with E-state index in [-0.39, 0.29) is 18.6 Å². The Hall–Kier alpha value is -2.75. The number of fused-ring (bicyclic) bond motifs is 1. The van der Waals surface area contributed by atoms with Crippen molar-refractivity contribution in [3.8, 4) is 16.2 Å². The number of alkyl halides is 1. The topological polar surface area (TPSA) is 62.5 Å². The first kappa shape index (κ1) is 24.4. The van der Waals surface area contributed by atoms with Gasteiger partial charge in [-0.25, -0.2) is 9.18 Å². The van der Waals surface area contributed by atoms with Crippen molar-refractivity contribution >= 4 is 37.5 Å². The molecule has 0 radical (unpaired) electrons. The van der Waals surface area contributed by atoms with Crippen molar-refractivity contribution in [2.75, 3.05) is 20.8 Å². The number of nitrogens with zero attached hydrogens (tertiary/aromatic N) is 2. The lowest BCUT2D eigenvalue weighted by Crippen LogP contribution is -2.40. The van der Waals surface area contributed by atoms with Crippen molar-refractivity contribution in [1.82, 2.24) is 9.13 Å². The normalized spacial score (nSPS) is 11.3. The second-order valence-electron chi connectivity index (χ2n) is 7.72. The van der Waals surface area contributed by atoms with Gasteiger partial charge in [-0.2, -0.15) is 0 Å². The maximum Gasteiger partial charge on any atom is 0.332 e. The summed E-state index contributed by atoms with van der Waals surface area (Å²) in [4.78, 5) is 28.4. The zero-order valence-corrected chi connectivity index (χ0v) is 21.2. The molecule has 4 rings (SSSR count). The Morgan fingerprint density at radius 2 is 1.76 bits per heavy atom. The summed E-state index contributed by atoms with van der Waals surface area (Å²) in [5.41, 5.74) is 1.30. The van der Waals surface area contributed by atoms with Crippen molar-refractivity contribution in [3.63, 3.8) is 0 Å². The van der Waals surface area contributed by atoms with Gasteiger partial charge in [0.2, 0.25) is 0 Å². The lowest BCUT2D eigenvalue weighted by atomic mass is 10.1. The summed E-state index contributed by atoms with van der Waals surface area (Å²) in [6, 6.07) is 13.9. The minimum Gasteiger partial charge on any atom is -0.497 e. The number of thiophene rings is 1. The van der Waals surface area contributed by atoms with Gasteiger partial charge in [0.15, 0.2) is 0 Å². The third-order valence-corrected chi connectivity index (χ3v) is 7.52. The molecule has 9 heteroatoms. The van der Waals surface area contributed by atoms with Crippen LogP contribution in [-0.2, 0) is 23.2 Å². The van der Waals surface area contributed by atoms with Gasteiger partial charge >= 0.3 is 5.69 Å². The molecule has 2 aromatic carbocycles. The van der Waals surface area contributed by atoms with E-state index in [1.807, 2.05) is 24.3 Å². The molecule has 6 nitrogen and oxygen atoms in total. The Morgan fingerprint density at radius 3 is 2.41 bits per heavy atom. The summed E-state index contributed by atoms with van der Waals surface area (Å²) in [6.07, 6.45) is 0.510. The van der Waals surface area contributed by atoms with Gasteiger partial charge in [-0.3, -0.25) is 13.9 Å². The van der Waals surface area contributed by atoms with Crippen LogP contribution in [0, 0.1) is 5.82 Å². The van der Waals surface area contributed by atoms with E-state index >= 15 is 0 Å². The Kier molecular flexibility index (Phi) is 7.65. The molecule has 0 atom stereocenters. The van der Waals surface area contributed by atoms with Crippen LogP contribution in [0.25, 0.3) is 20.7 Å². The minimum atomic E-state index is -0.458. The zero-order chi connectivity index (χ0) is 24.2. The molecule has 0 saturated heterocycles. The van der Waals surface area contributed by atoms with Gasteiger partial charge in [-0.1, -0.05) is 34.1 Å².